The van der Waals surface area contributed by atoms with Gasteiger partial charge in [-0.05, 0) is 18.1 Å². The zero-order chi connectivity index (χ0) is 17.4. The van der Waals surface area contributed by atoms with Crippen molar-refractivity contribution in [3.8, 4) is 6.07 Å². The highest BCUT2D eigenvalue weighted by atomic mass is 16.1. The summed E-state index contributed by atoms with van der Waals surface area (Å²) in [5.74, 6) is -0.0168. The Bertz CT molecular complexity index is 796. The molecule has 2 N–H and O–H groups in total. The van der Waals surface area contributed by atoms with E-state index in [1.165, 1.54) is 6.08 Å². The molecule has 0 aliphatic carbocycles. The lowest BCUT2D eigenvalue weighted by atomic mass is 9.98. The Labute approximate surface area is 141 Å². The van der Waals surface area contributed by atoms with Crippen LogP contribution in [0.3, 0.4) is 0 Å². The van der Waals surface area contributed by atoms with Crippen molar-refractivity contribution in [2.45, 2.75) is 13.0 Å². The molecule has 0 saturated heterocycles. The zero-order valence-electron chi connectivity index (χ0n) is 13.4. The predicted octanol–water partition coefficient (Wildman–Crippen LogP) is 3.31. The van der Waals surface area contributed by atoms with E-state index in [0.717, 1.165) is 11.1 Å². The molecule has 5 nitrogen and oxygen atoms in total. The molecule has 120 valence electrons. The van der Waals surface area contributed by atoms with E-state index in [4.69, 9.17) is 0 Å². The number of carbonyl (C=O) groups is 1. The third-order valence-electron chi connectivity index (χ3n) is 3.48. The molecular weight excluding hydrogens is 300 g/mol. The normalized spacial score (nSPS) is 13.0. The zero-order valence-corrected chi connectivity index (χ0v) is 13.4. The minimum atomic E-state index is -0.469. The van der Waals surface area contributed by atoms with Gasteiger partial charge in [0.15, 0.2) is 0 Å². The van der Waals surface area contributed by atoms with Gasteiger partial charge in [0.25, 0.3) is 5.91 Å². The largest absolute Gasteiger partial charge is 0.345 e. The number of aromatic nitrogens is 2. The lowest BCUT2D eigenvalue weighted by Crippen LogP contribution is -2.30. The summed E-state index contributed by atoms with van der Waals surface area (Å²) in [5.41, 5.74) is 1.74. The SMILES string of the molecule is C=C/C(=C\C)C(NC(=O)/C(C#N)=C/c1ncc[nH]1)c1ccccc1. The summed E-state index contributed by atoms with van der Waals surface area (Å²) in [7, 11) is 0. The molecule has 24 heavy (non-hydrogen) atoms. The third-order valence-corrected chi connectivity index (χ3v) is 3.48. The number of allylic oxidation sites excluding steroid dienone is 1. The van der Waals surface area contributed by atoms with Gasteiger partial charge in [-0.1, -0.05) is 49.1 Å². The Balaban J connectivity index is 2.30. The van der Waals surface area contributed by atoms with Gasteiger partial charge in [0.05, 0.1) is 6.04 Å². The number of nitriles is 1. The molecule has 2 aromatic rings. The topological polar surface area (TPSA) is 81.6 Å². The highest BCUT2D eigenvalue weighted by molar-refractivity contribution is 6.01. The van der Waals surface area contributed by atoms with E-state index in [9.17, 15) is 10.1 Å². The van der Waals surface area contributed by atoms with Crippen LogP contribution in [0.15, 0.2) is 72.6 Å². The smallest absolute Gasteiger partial charge is 0.262 e. The Morgan fingerprint density at radius 3 is 2.71 bits per heavy atom. The highest BCUT2D eigenvalue weighted by Gasteiger charge is 2.19. The van der Waals surface area contributed by atoms with Crippen molar-refractivity contribution in [2.24, 2.45) is 0 Å². The van der Waals surface area contributed by atoms with Gasteiger partial charge in [-0.25, -0.2) is 4.98 Å². The first-order valence-electron chi connectivity index (χ1n) is 7.45. The summed E-state index contributed by atoms with van der Waals surface area (Å²) in [6.45, 7) is 5.68. The first-order chi connectivity index (χ1) is 11.7. The second-order valence-corrected chi connectivity index (χ2v) is 4.95. The van der Waals surface area contributed by atoms with Crippen LogP contribution in [-0.4, -0.2) is 15.9 Å². The fourth-order valence-corrected chi connectivity index (χ4v) is 2.26. The summed E-state index contributed by atoms with van der Waals surface area (Å²) >= 11 is 0. The van der Waals surface area contributed by atoms with Crippen molar-refractivity contribution in [3.63, 3.8) is 0 Å². The number of imidazole rings is 1. The predicted molar refractivity (Wildman–Crippen MR) is 93.5 cm³/mol. The molecule has 5 heteroatoms. The fraction of sp³-hybridized carbons (Fsp3) is 0.105. The van der Waals surface area contributed by atoms with Crippen molar-refractivity contribution in [1.29, 1.82) is 5.26 Å². The molecule has 0 radical (unpaired) electrons. The lowest BCUT2D eigenvalue weighted by Gasteiger charge is -2.20. The van der Waals surface area contributed by atoms with Crippen LogP contribution in [0.1, 0.15) is 24.4 Å². The number of hydrogen-bond acceptors (Lipinski definition) is 3. The maximum atomic E-state index is 12.5. The molecule has 0 aliphatic rings. The van der Waals surface area contributed by atoms with Gasteiger partial charge < -0.3 is 10.3 Å². The number of hydrogen-bond donors (Lipinski definition) is 2. The molecule has 0 saturated carbocycles. The van der Waals surface area contributed by atoms with Crippen LogP contribution in [0, 0.1) is 11.3 Å². The van der Waals surface area contributed by atoms with Gasteiger partial charge in [0, 0.05) is 18.5 Å². The molecule has 0 aliphatic heterocycles. The number of rotatable bonds is 6. The van der Waals surface area contributed by atoms with Crippen molar-refractivity contribution in [2.75, 3.05) is 0 Å². The van der Waals surface area contributed by atoms with E-state index in [2.05, 4.69) is 21.9 Å². The monoisotopic (exact) mass is 318 g/mol. The molecule has 1 aromatic heterocycles. The van der Waals surface area contributed by atoms with Gasteiger partial charge in [0.2, 0.25) is 0 Å². The second kappa shape index (κ2) is 8.30. The number of nitrogens with one attached hydrogen (secondary N) is 2. The van der Waals surface area contributed by atoms with E-state index >= 15 is 0 Å². The van der Waals surface area contributed by atoms with Gasteiger partial charge in [-0.15, -0.1) is 0 Å². The van der Waals surface area contributed by atoms with Crippen LogP contribution in [0.25, 0.3) is 6.08 Å². The van der Waals surface area contributed by atoms with Crippen molar-refractivity contribution < 1.29 is 4.79 Å². The Morgan fingerprint density at radius 1 is 1.42 bits per heavy atom. The first-order valence-corrected chi connectivity index (χ1v) is 7.45. The fourth-order valence-electron chi connectivity index (χ4n) is 2.26. The minimum Gasteiger partial charge on any atom is -0.345 e. The summed E-state index contributed by atoms with van der Waals surface area (Å²) in [6, 6.07) is 11.1. The van der Waals surface area contributed by atoms with Crippen LogP contribution >= 0.6 is 0 Å². The average Bonchev–Trinajstić information content (AvgIpc) is 3.13. The number of nitrogens with zero attached hydrogens (tertiary/aromatic N) is 2. The van der Waals surface area contributed by atoms with E-state index in [0.29, 0.717) is 5.82 Å². The van der Waals surface area contributed by atoms with Crippen LogP contribution < -0.4 is 5.32 Å². The van der Waals surface area contributed by atoms with Crippen LogP contribution in [0.2, 0.25) is 0 Å². The number of benzene rings is 1. The standard InChI is InChI=1S/C19H18N4O/c1-3-14(4-2)18(15-8-6-5-7-9-15)23-19(24)16(13-20)12-17-21-10-11-22-17/h3-12,18H,1H2,2H3,(H,21,22)(H,23,24)/b14-4+,16-12+. The molecule has 1 unspecified atom stereocenters. The molecule has 0 bridgehead atoms. The van der Waals surface area contributed by atoms with Gasteiger partial charge in [0.1, 0.15) is 17.5 Å². The Morgan fingerprint density at radius 2 is 2.17 bits per heavy atom. The first kappa shape index (κ1) is 17.0. The number of carbonyl (C=O) groups excluding carboxylic acids is 1. The van der Waals surface area contributed by atoms with Crippen molar-refractivity contribution in [3.05, 3.63) is 84.0 Å². The maximum Gasteiger partial charge on any atom is 0.262 e. The van der Waals surface area contributed by atoms with E-state index in [1.54, 1.807) is 18.5 Å². The molecule has 1 amide bonds. The van der Waals surface area contributed by atoms with Crippen LogP contribution in [0.5, 0.6) is 0 Å². The summed E-state index contributed by atoms with van der Waals surface area (Å²) in [5, 5.41) is 12.2. The third kappa shape index (κ3) is 4.08. The number of amides is 1. The summed E-state index contributed by atoms with van der Waals surface area (Å²) in [6.07, 6.45) is 8.18. The Kier molecular flexibility index (Phi) is 5.87. The molecule has 1 aromatic carbocycles. The average molecular weight is 318 g/mol. The van der Waals surface area contributed by atoms with E-state index < -0.39 is 5.91 Å². The second-order valence-electron chi connectivity index (χ2n) is 4.95. The minimum absolute atomic E-state index is 0.0228. The quantitative estimate of drug-likeness (QED) is 0.487. The molecule has 1 atom stereocenters. The molecular formula is C19H18N4O. The van der Waals surface area contributed by atoms with E-state index in [1.807, 2.05) is 49.4 Å². The molecule has 0 spiro atoms. The van der Waals surface area contributed by atoms with Crippen LogP contribution in [0.4, 0.5) is 0 Å². The maximum absolute atomic E-state index is 12.5. The number of aromatic amines is 1. The summed E-state index contributed by atoms with van der Waals surface area (Å²) in [4.78, 5) is 19.4. The Hall–Kier alpha value is -3.39. The molecule has 2 rings (SSSR count). The number of H-pyrrole nitrogens is 1. The van der Waals surface area contributed by atoms with Gasteiger partial charge >= 0.3 is 0 Å². The van der Waals surface area contributed by atoms with Crippen LogP contribution in [-0.2, 0) is 4.79 Å². The molecule has 0 fully saturated rings. The van der Waals surface area contributed by atoms with Gasteiger partial charge in [-0.3, -0.25) is 4.79 Å². The highest BCUT2D eigenvalue weighted by Crippen LogP contribution is 2.23. The summed E-state index contributed by atoms with van der Waals surface area (Å²) < 4.78 is 0. The van der Waals surface area contributed by atoms with Crippen molar-refractivity contribution in [1.82, 2.24) is 15.3 Å². The molecule has 1 heterocycles. The van der Waals surface area contributed by atoms with Crippen molar-refractivity contribution >= 4 is 12.0 Å². The lowest BCUT2D eigenvalue weighted by molar-refractivity contribution is -0.117. The van der Waals surface area contributed by atoms with Gasteiger partial charge in [-0.2, -0.15) is 5.26 Å². The van der Waals surface area contributed by atoms with E-state index in [-0.39, 0.29) is 11.6 Å².